The van der Waals surface area contributed by atoms with E-state index < -0.39 is 5.60 Å². The molecule has 0 aliphatic carbocycles. The molecule has 0 bridgehead atoms. The molecule has 1 amide bonds. The van der Waals surface area contributed by atoms with E-state index in [4.69, 9.17) is 10.5 Å². The number of amides is 1. The molecule has 1 aromatic heterocycles. The number of nitrogen functional groups attached to an aromatic ring is 1. The Hall–Kier alpha value is -2.13. The Balaban J connectivity index is 1.71. The van der Waals surface area contributed by atoms with Gasteiger partial charge in [-0.1, -0.05) is 0 Å². The molecule has 146 valence electrons. The van der Waals surface area contributed by atoms with E-state index in [2.05, 4.69) is 26.3 Å². The van der Waals surface area contributed by atoms with Gasteiger partial charge in [-0.25, -0.2) is 14.2 Å². The Morgan fingerprint density at radius 3 is 2.59 bits per heavy atom. The lowest BCUT2D eigenvalue weighted by Crippen LogP contribution is -2.51. The fourth-order valence-corrected chi connectivity index (χ4v) is 3.16. The first-order valence-corrected chi connectivity index (χ1v) is 9.46. The fraction of sp³-hybridized carbons (Fsp3) is 0.444. The number of halogens is 2. The highest BCUT2D eigenvalue weighted by molar-refractivity contribution is 9.10. The van der Waals surface area contributed by atoms with Crippen LogP contribution in [0, 0.1) is 5.82 Å². The number of anilines is 2. The summed E-state index contributed by atoms with van der Waals surface area (Å²) < 4.78 is 19.5. The molecule has 2 heterocycles. The van der Waals surface area contributed by atoms with Gasteiger partial charge in [0.2, 0.25) is 0 Å². The summed E-state index contributed by atoms with van der Waals surface area (Å²) in [5.74, 6) is -0.378. The number of hydrazine groups is 1. The standard InChI is InChI=1S/C18H23BrFN5O2/c1-18(2,3)27-17(26)24-4-6-25(7-5-24)23-16-11-8-12(19)13(20)9-15(11)22-10-14(16)21/h8-10H,4-7,21H2,1-3H3,(H,22,23). The number of pyridine rings is 1. The number of nitrogens with zero attached hydrogens (tertiary/aromatic N) is 3. The topological polar surface area (TPSA) is 83.7 Å². The summed E-state index contributed by atoms with van der Waals surface area (Å²) in [5, 5.41) is 2.70. The van der Waals surface area contributed by atoms with Crippen LogP contribution in [0.4, 0.5) is 20.6 Å². The molecule has 27 heavy (non-hydrogen) atoms. The zero-order valence-corrected chi connectivity index (χ0v) is 17.1. The van der Waals surface area contributed by atoms with Gasteiger partial charge in [0.25, 0.3) is 0 Å². The van der Waals surface area contributed by atoms with Gasteiger partial charge >= 0.3 is 6.09 Å². The van der Waals surface area contributed by atoms with Crippen molar-refractivity contribution in [2.45, 2.75) is 26.4 Å². The van der Waals surface area contributed by atoms with E-state index in [1.54, 1.807) is 11.0 Å². The van der Waals surface area contributed by atoms with Crippen LogP contribution in [0.3, 0.4) is 0 Å². The predicted octanol–water partition coefficient (Wildman–Crippen LogP) is 3.60. The second-order valence-corrected chi connectivity index (χ2v) is 8.29. The molecule has 1 saturated heterocycles. The lowest BCUT2D eigenvalue weighted by atomic mass is 10.1. The maximum Gasteiger partial charge on any atom is 0.410 e. The van der Waals surface area contributed by atoms with Crippen molar-refractivity contribution in [1.29, 1.82) is 0 Å². The van der Waals surface area contributed by atoms with Crippen LogP contribution >= 0.6 is 15.9 Å². The number of fused-ring (bicyclic) bond motifs is 1. The molecule has 3 N–H and O–H groups in total. The van der Waals surface area contributed by atoms with Crippen LogP contribution in [0.2, 0.25) is 0 Å². The van der Waals surface area contributed by atoms with Gasteiger partial charge in [-0.15, -0.1) is 0 Å². The minimum atomic E-state index is -0.514. The Kier molecular flexibility index (Phi) is 5.43. The first kappa shape index (κ1) is 19.6. The van der Waals surface area contributed by atoms with Gasteiger partial charge in [-0.05, 0) is 42.8 Å². The maximum absolute atomic E-state index is 13.8. The highest BCUT2D eigenvalue weighted by atomic mass is 79.9. The molecule has 0 radical (unpaired) electrons. The second-order valence-electron chi connectivity index (χ2n) is 7.44. The molecule has 0 saturated carbocycles. The Bertz CT molecular complexity index is 863. The zero-order valence-electron chi connectivity index (χ0n) is 15.6. The number of piperazine rings is 1. The van der Waals surface area contributed by atoms with Crippen LogP contribution in [0.5, 0.6) is 0 Å². The lowest BCUT2D eigenvalue weighted by molar-refractivity contribution is 0.0163. The SMILES string of the molecule is CC(C)(C)OC(=O)N1CCN(Nc2c(N)cnc3cc(F)c(Br)cc23)CC1. The molecule has 1 aliphatic heterocycles. The summed E-state index contributed by atoms with van der Waals surface area (Å²) >= 11 is 3.20. The molecule has 1 fully saturated rings. The van der Waals surface area contributed by atoms with E-state index in [1.165, 1.54) is 12.3 Å². The normalized spacial score (nSPS) is 15.8. The van der Waals surface area contributed by atoms with Crippen molar-refractivity contribution in [3.05, 3.63) is 28.6 Å². The Labute approximate surface area is 165 Å². The number of carbonyl (C=O) groups excluding carboxylic acids is 1. The number of hydrogen-bond donors (Lipinski definition) is 2. The van der Waals surface area contributed by atoms with E-state index >= 15 is 0 Å². The summed E-state index contributed by atoms with van der Waals surface area (Å²) in [6, 6.07) is 3.03. The molecular formula is C18H23BrFN5O2. The smallest absolute Gasteiger partial charge is 0.410 e. The molecule has 7 nitrogen and oxygen atoms in total. The molecule has 2 aromatic rings. The number of ether oxygens (including phenoxy) is 1. The average Bonchev–Trinajstić information content (AvgIpc) is 2.58. The molecule has 1 aromatic carbocycles. The van der Waals surface area contributed by atoms with Crippen molar-refractivity contribution in [3.8, 4) is 0 Å². The lowest BCUT2D eigenvalue weighted by Gasteiger charge is -2.36. The van der Waals surface area contributed by atoms with Crippen LogP contribution in [0.25, 0.3) is 10.9 Å². The summed E-state index contributed by atoms with van der Waals surface area (Å²) in [6.07, 6.45) is 1.20. The van der Waals surface area contributed by atoms with E-state index in [-0.39, 0.29) is 11.9 Å². The number of nitrogens with two attached hydrogens (primary N) is 1. The highest BCUT2D eigenvalue weighted by Crippen LogP contribution is 2.32. The molecule has 3 rings (SSSR count). The van der Waals surface area contributed by atoms with E-state index in [9.17, 15) is 9.18 Å². The third kappa shape index (κ3) is 4.59. The predicted molar refractivity (Wildman–Crippen MR) is 107 cm³/mol. The third-order valence-corrected chi connectivity index (χ3v) is 4.75. The first-order chi connectivity index (χ1) is 12.6. The highest BCUT2D eigenvalue weighted by Gasteiger charge is 2.26. The van der Waals surface area contributed by atoms with Crippen LogP contribution in [0.1, 0.15) is 20.8 Å². The first-order valence-electron chi connectivity index (χ1n) is 8.67. The number of hydrogen-bond acceptors (Lipinski definition) is 6. The number of carbonyl (C=O) groups is 1. The molecule has 9 heteroatoms. The summed E-state index contributed by atoms with van der Waals surface area (Å²) in [4.78, 5) is 18.0. The summed E-state index contributed by atoms with van der Waals surface area (Å²) in [7, 11) is 0. The van der Waals surface area contributed by atoms with Crippen LogP contribution in [0.15, 0.2) is 22.8 Å². The average molecular weight is 440 g/mol. The quantitative estimate of drug-likeness (QED) is 0.743. The third-order valence-electron chi connectivity index (χ3n) is 4.14. The van der Waals surface area contributed by atoms with E-state index in [0.29, 0.717) is 47.5 Å². The van der Waals surface area contributed by atoms with Crippen molar-refractivity contribution in [3.63, 3.8) is 0 Å². The van der Waals surface area contributed by atoms with Crippen molar-refractivity contribution >= 4 is 44.3 Å². The number of nitrogens with one attached hydrogen (secondary N) is 1. The molecule has 0 spiro atoms. The van der Waals surface area contributed by atoms with Crippen LogP contribution in [-0.2, 0) is 4.74 Å². The van der Waals surface area contributed by atoms with Gasteiger partial charge in [-0.2, -0.15) is 0 Å². The number of aromatic nitrogens is 1. The van der Waals surface area contributed by atoms with Gasteiger partial charge in [0, 0.05) is 37.6 Å². The zero-order chi connectivity index (χ0) is 19.8. The van der Waals surface area contributed by atoms with Gasteiger partial charge in [0.05, 0.1) is 27.6 Å². The largest absolute Gasteiger partial charge is 0.444 e. The van der Waals surface area contributed by atoms with Crippen molar-refractivity contribution in [2.75, 3.05) is 37.3 Å². The van der Waals surface area contributed by atoms with Crippen molar-refractivity contribution in [1.82, 2.24) is 14.9 Å². The molecular weight excluding hydrogens is 417 g/mol. The minimum Gasteiger partial charge on any atom is -0.444 e. The molecule has 0 atom stereocenters. The van der Waals surface area contributed by atoms with Crippen molar-refractivity contribution < 1.29 is 13.9 Å². The molecule has 1 aliphatic rings. The number of benzene rings is 1. The second kappa shape index (κ2) is 7.47. The van der Waals surface area contributed by atoms with Crippen LogP contribution < -0.4 is 11.2 Å². The van der Waals surface area contributed by atoms with Crippen molar-refractivity contribution in [2.24, 2.45) is 0 Å². The number of rotatable bonds is 2. The summed E-state index contributed by atoms with van der Waals surface area (Å²) in [5.41, 5.74) is 10.5. The van der Waals surface area contributed by atoms with Gasteiger partial charge < -0.3 is 20.8 Å². The van der Waals surface area contributed by atoms with Crippen LogP contribution in [-0.4, -0.2) is 52.8 Å². The van der Waals surface area contributed by atoms with Gasteiger partial charge in [-0.3, -0.25) is 4.98 Å². The Morgan fingerprint density at radius 1 is 1.30 bits per heavy atom. The summed E-state index contributed by atoms with van der Waals surface area (Å²) in [6.45, 7) is 7.81. The van der Waals surface area contributed by atoms with E-state index in [0.717, 1.165) is 5.39 Å². The molecule has 0 unspecified atom stereocenters. The van der Waals surface area contributed by atoms with E-state index in [1.807, 2.05) is 25.8 Å². The fourth-order valence-electron chi connectivity index (χ4n) is 2.81. The monoisotopic (exact) mass is 439 g/mol. The maximum atomic E-state index is 13.8. The van der Waals surface area contributed by atoms with Gasteiger partial charge in [0.15, 0.2) is 0 Å². The Morgan fingerprint density at radius 2 is 1.96 bits per heavy atom. The van der Waals surface area contributed by atoms with Gasteiger partial charge in [0.1, 0.15) is 11.4 Å². The minimum absolute atomic E-state index is 0.310.